The van der Waals surface area contributed by atoms with Crippen molar-refractivity contribution in [1.29, 1.82) is 0 Å². The molecule has 2 fully saturated rings. The largest absolute Gasteiger partial charge is 0.480 e. The lowest BCUT2D eigenvalue weighted by molar-refractivity contribution is -0.152. The molecule has 0 aromatic carbocycles. The van der Waals surface area contributed by atoms with Crippen molar-refractivity contribution in [2.75, 3.05) is 19.8 Å². The molecule has 6 nitrogen and oxygen atoms in total. The van der Waals surface area contributed by atoms with Crippen LogP contribution in [0.5, 0.6) is 0 Å². The maximum absolute atomic E-state index is 12.0. The molecule has 2 saturated heterocycles. The standard InChI is InChI=1S/C13H21NO5/c15-11(9-10-3-1-2-6-19-10)14-13(12(16)17)4-7-18-8-5-13/h10H,1-9H2,(H,14,15)(H,16,17). The van der Waals surface area contributed by atoms with Gasteiger partial charge in [0.1, 0.15) is 5.54 Å². The lowest BCUT2D eigenvalue weighted by Gasteiger charge is -2.34. The van der Waals surface area contributed by atoms with E-state index in [0.717, 1.165) is 19.3 Å². The maximum atomic E-state index is 12.0. The van der Waals surface area contributed by atoms with Crippen molar-refractivity contribution in [1.82, 2.24) is 5.32 Å². The molecule has 2 heterocycles. The van der Waals surface area contributed by atoms with E-state index in [1.54, 1.807) is 0 Å². The lowest BCUT2D eigenvalue weighted by Crippen LogP contribution is -2.57. The van der Waals surface area contributed by atoms with Crippen molar-refractivity contribution in [2.24, 2.45) is 0 Å². The van der Waals surface area contributed by atoms with E-state index < -0.39 is 11.5 Å². The average Bonchev–Trinajstić information content (AvgIpc) is 2.40. The van der Waals surface area contributed by atoms with Crippen LogP contribution >= 0.6 is 0 Å². The van der Waals surface area contributed by atoms with E-state index >= 15 is 0 Å². The van der Waals surface area contributed by atoms with Crippen LogP contribution < -0.4 is 5.32 Å². The third kappa shape index (κ3) is 3.67. The number of carbonyl (C=O) groups excluding carboxylic acids is 1. The second kappa shape index (κ2) is 6.34. The number of ether oxygens (including phenoxy) is 2. The highest BCUT2D eigenvalue weighted by Gasteiger charge is 2.41. The fourth-order valence-electron chi connectivity index (χ4n) is 2.61. The van der Waals surface area contributed by atoms with Crippen LogP contribution in [0, 0.1) is 0 Å². The number of carboxylic acids is 1. The first-order valence-corrected chi connectivity index (χ1v) is 6.86. The van der Waals surface area contributed by atoms with Gasteiger partial charge in [-0.3, -0.25) is 4.79 Å². The van der Waals surface area contributed by atoms with Gasteiger partial charge >= 0.3 is 5.97 Å². The lowest BCUT2D eigenvalue weighted by atomic mass is 9.89. The van der Waals surface area contributed by atoms with E-state index in [0.29, 0.717) is 32.7 Å². The van der Waals surface area contributed by atoms with Crippen LogP contribution in [-0.4, -0.2) is 48.4 Å². The van der Waals surface area contributed by atoms with E-state index in [4.69, 9.17) is 9.47 Å². The number of carbonyl (C=O) groups is 2. The van der Waals surface area contributed by atoms with Crippen LogP contribution in [-0.2, 0) is 19.1 Å². The Morgan fingerprint density at radius 1 is 1.21 bits per heavy atom. The molecular weight excluding hydrogens is 250 g/mol. The number of rotatable bonds is 4. The highest BCUT2D eigenvalue weighted by molar-refractivity contribution is 5.87. The number of carboxylic acid groups (broad SMARTS) is 1. The minimum atomic E-state index is -1.16. The number of aliphatic carboxylic acids is 1. The summed E-state index contributed by atoms with van der Waals surface area (Å²) in [6, 6.07) is 0. The van der Waals surface area contributed by atoms with Gasteiger partial charge in [0.15, 0.2) is 0 Å². The topological polar surface area (TPSA) is 84.9 Å². The Labute approximate surface area is 112 Å². The first-order valence-electron chi connectivity index (χ1n) is 6.86. The molecule has 6 heteroatoms. The summed E-state index contributed by atoms with van der Waals surface area (Å²) in [4.78, 5) is 23.4. The molecule has 0 aliphatic carbocycles. The number of nitrogens with one attached hydrogen (secondary N) is 1. The van der Waals surface area contributed by atoms with Gasteiger partial charge < -0.3 is 19.9 Å². The van der Waals surface area contributed by atoms with Gasteiger partial charge in [0.25, 0.3) is 0 Å². The summed E-state index contributed by atoms with van der Waals surface area (Å²) in [6.07, 6.45) is 3.79. The number of amides is 1. The highest BCUT2D eigenvalue weighted by atomic mass is 16.5. The number of hydrogen-bond acceptors (Lipinski definition) is 4. The predicted molar refractivity (Wildman–Crippen MR) is 66.8 cm³/mol. The third-order valence-corrected chi connectivity index (χ3v) is 3.82. The van der Waals surface area contributed by atoms with Gasteiger partial charge in [-0.25, -0.2) is 4.79 Å². The molecule has 2 rings (SSSR count). The molecule has 0 aromatic heterocycles. The van der Waals surface area contributed by atoms with Gasteiger partial charge in [0, 0.05) is 32.7 Å². The summed E-state index contributed by atoms with van der Waals surface area (Å²) in [5.41, 5.74) is -1.16. The monoisotopic (exact) mass is 271 g/mol. The molecule has 2 aliphatic heterocycles. The Morgan fingerprint density at radius 3 is 2.53 bits per heavy atom. The second-order valence-electron chi connectivity index (χ2n) is 5.24. The molecule has 108 valence electrons. The van der Waals surface area contributed by atoms with E-state index in [2.05, 4.69) is 5.32 Å². The second-order valence-corrected chi connectivity index (χ2v) is 5.24. The predicted octanol–water partition coefficient (Wildman–Crippen LogP) is 0.696. The third-order valence-electron chi connectivity index (χ3n) is 3.82. The Hall–Kier alpha value is -1.14. The van der Waals surface area contributed by atoms with E-state index in [9.17, 15) is 14.7 Å². The van der Waals surface area contributed by atoms with Crippen LogP contribution in [0.3, 0.4) is 0 Å². The molecule has 0 saturated carbocycles. The summed E-state index contributed by atoms with van der Waals surface area (Å²) >= 11 is 0. The van der Waals surface area contributed by atoms with Gasteiger partial charge in [0.2, 0.25) is 5.91 Å². The van der Waals surface area contributed by atoms with Gasteiger partial charge in [-0.2, -0.15) is 0 Å². The molecule has 0 bridgehead atoms. The normalized spacial score (nSPS) is 26.6. The van der Waals surface area contributed by atoms with Crippen LogP contribution in [0.2, 0.25) is 0 Å². The van der Waals surface area contributed by atoms with E-state index in [-0.39, 0.29) is 18.4 Å². The van der Waals surface area contributed by atoms with Crippen molar-refractivity contribution in [3.8, 4) is 0 Å². The average molecular weight is 271 g/mol. The molecule has 1 unspecified atom stereocenters. The Balaban J connectivity index is 1.89. The summed E-state index contributed by atoms with van der Waals surface area (Å²) in [5, 5.41) is 12.0. The highest BCUT2D eigenvalue weighted by Crippen LogP contribution is 2.22. The smallest absolute Gasteiger partial charge is 0.329 e. The minimum Gasteiger partial charge on any atom is -0.480 e. The maximum Gasteiger partial charge on any atom is 0.329 e. The quantitative estimate of drug-likeness (QED) is 0.786. The minimum absolute atomic E-state index is 0.0700. The van der Waals surface area contributed by atoms with Crippen LogP contribution in [0.4, 0.5) is 0 Å². The SMILES string of the molecule is O=C(CC1CCCCO1)NC1(C(=O)O)CCOCC1. The molecule has 0 spiro atoms. The van der Waals surface area contributed by atoms with Gasteiger partial charge in [-0.1, -0.05) is 0 Å². The molecule has 1 amide bonds. The van der Waals surface area contributed by atoms with E-state index in [1.165, 1.54) is 0 Å². The fraction of sp³-hybridized carbons (Fsp3) is 0.846. The fourth-order valence-corrected chi connectivity index (χ4v) is 2.61. The van der Waals surface area contributed by atoms with Crippen molar-refractivity contribution in [3.63, 3.8) is 0 Å². The first-order chi connectivity index (χ1) is 9.12. The van der Waals surface area contributed by atoms with Crippen LogP contribution in [0.15, 0.2) is 0 Å². The zero-order chi connectivity index (χ0) is 13.7. The van der Waals surface area contributed by atoms with Crippen LogP contribution in [0.25, 0.3) is 0 Å². The molecule has 19 heavy (non-hydrogen) atoms. The zero-order valence-corrected chi connectivity index (χ0v) is 11.0. The number of hydrogen-bond donors (Lipinski definition) is 2. The van der Waals surface area contributed by atoms with Crippen molar-refractivity contribution < 1.29 is 24.2 Å². The molecule has 2 aliphatic rings. The Morgan fingerprint density at radius 2 is 1.95 bits per heavy atom. The van der Waals surface area contributed by atoms with Gasteiger partial charge in [-0.15, -0.1) is 0 Å². The van der Waals surface area contributed by atoms with Crippen molar-refractivity contribution in [3.05, 3.63) is 0 Å². The molecule has 0 aromatic rings. The molecule has 0 radical (unpaired) electrons. The zero-order valence-electron chi connectivity index (χ0n) is 11.0. The first kappa shape index (κ1) is 14.3. The van der Waals surface area contributed by atoms with Crippen molar-refractivity contribution in [2.45, 2.75) is 50.2 Å². The summed E-state index contributed by atoms with van der Waals surface area (Å²) in [5.74, 6) is -1.22. The van der Waals surface area contributed by atoms with E-state index in [1.807, 2.05) is 0 Å². The molecule has 2 N–H and O–H groups in total. The Bertz CT molecular complexity index is 332. The Kier molecular flexibility index (Phi) is 4.76. The summed E-state index contributed by atoms with van der Waals surface area (Å²) in [6.45, 7) is 1.43. The molecule has 1 atom stereocenters. The summed E-state index contributed by atoms with van der Waals surface area (Å²) in [7, 11) is 0. The van der Waals surface area contributed by atoms with Gasteiger partial charge in [-0.05, 0) is 19.3 Å². The molecular formula is C13H21NO5. The van der Waals surface area contributed by atoms with Crippen molar-refractivity contribution >= 4 is 11.9 Å². The van der Waals surface area contributed by atoms with Crippen LogP contribution in [0.1, 0.15) is 38.5 Å². The summed E-state index contributed by atoms with van der Waals surface area (Å²) < 4.78 is 10.7. The van der Waals surface area contributed by atoms with Gasteiger partial charge in [0.05, 0.1) is 12.5 Å².